The molecule has 2 aromatic rings. The van der Waals surface area contributed by atoms with Crippen LogP contribution in [-0.4, -0.2) is 74.3 Å². The molecular weight excluding hydrogens is 560 g/mol. The summed E-state index contributed by atoms with van der Waals surface area (Å²) in [6.45, 7) is 8.06. The van der Waals surface area contributed by atoms with E-state index in [-0.39, 0.29) is 23.9 Å². The second-order valence-corrected chi connectivity index (χ2v) is 12.4. The molecule has 1 amide bonds. The Balaban J connectivity index is 1.61. The summed E-state index contributed by atoms with van der Waals surface area (Å²) in [6, 6.07) is 3.92. The van der Waals surface area contributed by atoms with Gasteiger partial charge in [-0.3, -0.25) is 4.79 Å². The van der Waals surface area contributed by atoms with Gasteiger partial charge in [-0.25, -0.2) is 19.1 Å². The van der Waals surface area contributed by atoms with Gasteiger partial charge in [0.05, 0.1) is 5.69 Å². The zero-order valence-corrected chi connectivity index (χ0v) is 25.1. The van der Waals surface area contributed by atoms with Crippen LogP contribution >= 0.6 is 0 Å². The van der Waals surface area contributed by atoms with Crippen LogP contribution in [0, 0.1) is 23.2 Å². The molecule has 1 saturated heterocycles. The van der Waals surface area contributed by atoms with Gasteiger partial charge in [0.2, 0.25) is 5.60 Å². The molecule has 0 bridgehead atoms. The summed E-state index contributed by atoms with van der Waals surface area (Å²) >= 11 is 0. The van der Waals surface area contributed by atoms with Crippen LogP contribution in [0.1, 0.15) is 72.4 Å². The van der Waals surface area contributed by atoms with E-state index in [4.69, 9.17) is 24.7 Å². The highest BCUT2D eigenvalue weighted by Crippen LogP contribution is 2.42. The largest absolute Gasteiger partial charge is 0.463 e. The smallest absolute Gasteiger partial charge is 0.408 e. The topological polar surface area (TPSA) is 200 Å². The predicted molar refractivity (Wildman–Crippen MR) is 151 cm³/mol. The van der Waals surface area contributed by atoms with E-state index in [0.717, 1.165) is 25.7 Å². The van der Waals surface area contributed by atoms with E-state index in [2.05, 4.69) is 15.4 Å². The number of nitrogens with two attached hydrogens (primary N) is 1. The average Bonchev–Trinajstić information content (AvgIpc) is 3.65. The van der Waals surface area contributed by atoms with Gasteiger partial charge in [0.25, 0.3) is 0 Å². The number of nitrogen functional groups attached to an aromatic ring is 1. The van der Waals surface area contributed by atoms with E-state index in [0.29, 0.717) is 5.52 Å². The number of aromatic nitrogens is 3. The molecule has 4 N–H and O–H groups in total. The fraction of sp³-hybridized carbons (Fsp3) is 0.655. The number of rotatable bonds is 9. The fourth-order valence-electron chi connectivity index (χ4n) is 5.50. The molecule has 4 rings (SSSR count). The Morgan fingerprint density at radius 2 is 1.98 bits per heavy atom. The number of nitrogens with one attached hydrogen (secondary N) is 1. The van der Waals surface area contributed by atoms with Gasteiger partial charge in [0.15, 0.2) is 11.9 Å². The van der Waals surface area contributed by atoms with Gasteiger partial charge in [-0.2, -0.15) is 10.4 Å². The number of nitriles is 1. The zero-order valence-electron chi connectivity index (χ0n) is 25.1. The van der Waals surface area contributed by atoms with E-state index < -0.39 is 66.1 Å². The summed E-state index contributed by atoms with van der Waals surface area (Å²) in [5, 5.41) is 28.7. The number of nitrogens with zero attached hydrogens (tertiary/aromatic N) is 4. The molecule has 0 unspecified atom stereocenters. The van der Waals surface area contributed by atoms with Crippen LogP contribution in [0.3, 0.4) is 0 Å². The van der Waals surface area contributed by atoms with Gasteiger partial charge in [-0.1, -0.05) is 26.7 Å². The number of hydrogen-bond acceptors (Lipinski definition) is 12. The van der Waals surface area contributed by atoms with Gasteiger partial charge in [0, 0.05) is 6.42 Å². The Bertz CT molecular complexity index is 1380. The number of amides is 1. The lowest BCUT2D eigenvalue weighted by molar-refractivity contribution is -0.163. The normalized spacial score (nSPS) is 24.9. The number of alkyl carbamates (subject to hydrolysis) is 1. The molecule has 3 heterocycles. The van der Waals surface area contributed by atoms with Crippen molar-refractivity contribution in [3.63, 3.8) is 0 Å². The monoisotopic (exact) mass is 600 g/mol. The first-order valence-electron chi connectivity index (χ1n) is 14.5. The van der Waals surface area contributed by atoms with Crippen molar-refractivity contribution in [1.29, 1.82) is 5.26 Å². The minimum atomic E-state index is -2.09. The molecule has 2 aliphatic rings. The van der Waals surface area contributed by atoms with Gasteiger partial charge < -0.3 is 35.1 Å². The highest BCUT2D eigenvalue weighted by atomic mass is 16.6. The second kappa shape index (κ2) is 12.7. The summed E-state index contributed by atoms with van der Waals surface area (Å²) < 4.78 is 24.0. The first-order chi connectivity index (χ1) is 20.3. The Hall–Kier alpha value is -3.96. The number of carbonyl (C=O) groups excluding carboxylic acids is 3. The Morgan fingerprint density at radius 3 is 2.60 bits per heavy atom. The molecule has 1 aliphatic carbocycles. The van der Waals surface area contributed by atoms with Crippen molar-refractivity contribution < 1.29 is 38.4 Å². The van der Waals surface area contributed by atoms with Crippen LogP contribution in [0.2, 0.25) is 0 Å². The number of ether oxygens (including phenoxy) is 4. The van der Waals surface area contributed by atoms with Crippen molar-refractivity contribution >= 4 is 29.4 Å². The highest BCUT2D eigenvalue weighted by Gasteiger charge is 2.60. The number of carbonyl (C=O) groups is 3. The van der Waals surface area contributed by atoms with Crippen molar-refractivity contribution in [2.45, 2.75) is 102 Å². The molecule has 14 nitrogen and oxygen atoms in total. The maximum absolute atomic E-state index is 13.5. The molecule has 43 heavy (non-hydrogen) atoms. The summed E-state index contributed by atoms with van der Waals surface area (Å²) in [5.74, 6) is -1.41. The number of aliphatic hydroxyl groups excluding tert-OH is 1. The van der Waals surface area contributed by atoms with Gasteiger partial charge in [-0.05, 0) is 57.6 Å². The molecule has 0 radical (unpaired) electrons. The van der Waals surface area contributed by atoms with Gasteiger partial charge >= 0.3 is 18.0 Å². The Kier molecular flexibility index (Phi) is 9.46. The van der Waals surface area contributed by atoms with E-state index in [1.165, 1.54) is 16.9 Å². The number of hydrogen-bond donors (Lipinski definition) is 3. The molecule has 2 aromatic heterocycles. The molecular formula is C29H40N6O8. The molecule has 234 valence electrons. The third-order valence-electron chi connectivity index (χ3n) is 7.64. The predicted octanol–water partition coefficient (Wildman–Crippen LogP) is 2.37. The lowest BCUT2D eigenvalue weighted by Gasteiger charge is -2.28. The molecule has 2 fully saturated rings. The van der Waals surface area contributed by atoms with Crippen molar-refractivity contribution in [2.75, 3.05) is 12.3 Å². The van der Waals surface area contributed by atoms with Crippen LogP contribution in [0.25, 0.3) is 5.52 Å². The van der Waals surface area contributed by atoms with Gasteiger partial charge in [0.1, 0.15) is 48.4 Å². The van der Waals surface area contributed by atoms with E-state index in [1.54, 1.807) is 40.7 Å². The van der Waals surface area contributed by atoms with Crippen LogP contribution in [0.15, 0.2) is 18.5 Å². The first kappa shape index (κ1) is 32.0. The molecule has 14 heteroatoms. The number of anilines is 1. The third-order valence-corrected chi connectivity index (χ3v) is 7.64. The second-order valence-electron chi connectivity index (χ2n) is 12.4. The molecule has 0 aromatic carbocycles. The van der Waals surface area contributed by atoms with Crippen molar-refractivity contribution in [2.24, 2.45) is 11.8 Å². The van der Waals surface area contributed by atoms with E-state index in [1.807, 2.05) is 6.07 Å². The first-order valence-corrected chi connectivity index (χ1v) is 14.5. The quantitative estimate of drug-likeness (QED) is 0.281. The summed E-state index contributed by atoms with van der Waals surface area (Å²) in [5.41, 5.74) is 3.54. The zero-order chi connectivity index (χ0) is 31.5. The molecule has 0 spiro atoms. The van der Waals surface area contributed by atoms with Crippen molar-refractivity contribution in [3.05, 3.63) is 24.2 Å². The minimum absolute atomic E-state index is 0.111. The van der Waals surface area contributed by atoms with Crippen LogP contribution in [0.5, 0.6) is 0 Å². The van der Waals surface area contributed by atoms with Crippen LogP contribution < -0.4 is 11.1 Å². The van der Waals surface area contributed by atoms with Crippen LogP contribution in [-0.2, 0) is 34.1 Å². The standard InChI is InChI=1S/C29H40N6O8/c1-16(2)22(34-27(39)43-28(3,4)5)26(38)41-23-19(13-40-21(36)12-17-8-6-7-9-17)42-29(14-30,24(23)37)20-11-10-18-25(31)32-15-33-35(18)20/h10-11,15-17,19,22-24,37H,6-9,12-13H2,1-5H3,(H,34,39)(H2,31,32,33)/t19-,22+,23-,24-,29+/m1/s1. The van der Waals surface area contributed by atoms with E-state index >= 15 is 0 Å². The number of fused-ring (bicyclic) bond motifs is 1. The maximum atomic E-state index is 13.5. The van der Waals surface area contributed by atoms with Crippen molar-refractivity contribution in [1.82, 2.24) is 19.9 Å². The lowest BCUT2D eigenvalue weighted by atomic mass is 9.92. The van der Waals surface area contributed by atoms with Crippen molar-refractivity contribution in [3.8, 4) is 6.07 Å². The minimum Gasteiger partial charge on any atom is -0.463 e. The summed E-state index contributed by atoms with van der Waals surface area (Å²) in [6.07, 6.45) is 0.168. The lowest BCUT2D eigenvalue weighted by Crippen LogP contribution is -2.50. The van der Waals surface area contributed by atoms with E-state index in [9.17, 15) is 24.8 Å². The summed E-state index contributed by atoms with van der Waals surface area (Å²) in [7, 11) is 0. The Morgan fingerprint density at radius 1 is 1.28 bits per heavy atom. The Labute approximate surface area is 249 Å². The average molecular weight is 601 g/mol. The van der Waals surface area contributed by atoms with Crippen LogP contribution in [0.4, 0.5) is 10.6 Å². The third kappa shape index (κ3) is 7.00. The maximum Gasteiger partial charge on any atom is 0.408 e. The number of esters is 2. The fourth-order valence-corrected chi connectivity index (χ4v) is 5.50. The number of aliphatic hydroxyl groups is 1. The SMILES string of the molecule is CC(C)[C@H](NC(=O)OC(C)(C)C)C(=O)O[C@H]1[C@@H](O)[C@](C#N)(c2ccc3c(N)ncnn23)O[C@@H]1COC(=O)CC1CCCC1. The van der Waals surface area contributed by atoms with Gasteiger partial charge in [-0.15, -0.1) is 0 Å². The molecule has 1 aliphatic heterocycles. The summed E-state index contributed by atoms with van der Waals surface area (Å²) in [4.78, 5) is 42.5. The highest BCUT2D eigenvalue weighted by molar-refractivity contribution is 5.82. The molecule has 1 saturated carbocycles. The molecule has 5 atom stereocenters.